The molecule has 1 aliphatic rings. The van der Waals surface area contributed by atoms with Crippen molar-refractivity contribution >= 4 is 40.9 Å². The molecule has 0 saturated heterocycles. The topological polar surface area (TPSA) is 145 Å². The van der Waals surface area contributed by atoms with Crippen LogP contribution in [0.15, 0.2) is 51.7 Å². The number of hydrogen-bond donors (Lipinski definition) is 0. The first-order valence-corrected chi connectivity index (χ1v) is 12.2. The highest BCUT2D eigenvalue weighted by Gasteiger charge is 2.39. The van der Waals surface area contributed by atoms with E-state index in [2.05, 4.69) is 0 Å². The van der Waals surface area contributed by atoms with Crippen LogP contribution in [0.2, 0.25) is 0 Å². The Bertz CT molecular complexity index is 1570. The van der Waals surface area contributed by atoms with E-state index in [0.29, 0.717) is 23.1 Å². The molecule has 0 spiro atoms. The van der Waals surface area contributed by atoms with E-state index in [1.807, 2.05) is 6.07 Å². The van der Waals surface area contributed by atoms with Gasteiger partial charge in [0.2, 0.25) is 5.75 Å². The van der Waals surface area contributed by atoms with Crippen LogP contribution in [-0.4, -0.2) is 35.6 Å². The van der Waals surface area contributed by atoms with Gasteiger partial charge in [0.1, 0.15) is 23.0 Å². The lowest BCUT2D eigenvalue weighted by molar-refractivity contribution is -0.155. The van der Waals surface area contributed by atoms with Crippen molar-refractivity contribution in [2.24, 2.45) is 0 Å². The molecule has 40 heavy (non-hydrogen) atoms. The molecule has 11 heteroatoms. The third-order valence-corrected chi connectivity index (χ3v) is 5.82. The molecule has 0 bridgehead atoms. The fourth-order valence-electron chi connectivity index (χ4n) is 4.12. The van der Waals surface area contributed by atoms with E-state index in [9.17, 15) is 24.0 Å². The molecular weight excluding hydrogens is 524 g/mol. The Kier molecular flexibility index (Phi) is 7.76. The summed E-state index contributed by atoms with van der Waals surface area (Å²) in [6.07, 6.45) is 2.20. The molecule has 0 amide bonds. The predicted octanol–water partition coefficient (Wildman–Crippen LogP) is 3.91. The highest BCUT2D eigenvalue weighted by atomic mass is 16.6. The summed E-state index contributed by atoms with van der Waals surface area (Å²) in [7, 11) is 0. The smallest absolute Gasteiger partial charge is 0.336 e. The fraction of sp³-hybridized carbons (Fsp3) is 0.276. The second-order valence-corrected chi connectivity index (χ2v) is 9.55. The first-order valence-electron chi connectivity index (χ1n) is 12.2. The summed E-state index contributed by atoms with van der Waals surface area (Å²) in [6, 6.07) is 9.10. The van der Waals surface area contributed by atoms with Gasteiger partial charge in [-0.3, -0.25) is 14.4 Å². The number of carbonyl (C=O) groups is 4. The molecule has 0 fully saturated rings. The molecule has 0 unspecified atom stereocenters. The Labute approximate surface area is 228 Å². The van der Waals surface area contributed by atoms with E-state index in [1.54, 1.807) is 26.0 Å². The van der Waals surface area contributed by atoms with Gasteiger partial charge in [-0.15, -0.1) is 0 Å². The van der Waals surface area contributed by atoms with E-state index in [-0.39, 0.29) is 22.8 Å². The molecule has 0 aliphatic carbocycles. The van der Waals surface area contributed by atoms with Gasteiger partial charge in [0.15, 0.2) is 11.5 Å². The van der Waals surface area contributed by atoms with Crippen LogP contribution in [-0.2, 0) is 30.3 Å². The Balaban J connectivity index is 1.58. The fourth-order valence-corrected chi connectivity index (χ4v) is 4.12. The van der Waals surface area contributed by atoms with Crippen LogP contribution < -0.4 is 24.6 Å². The van der Waals surface area contributed by atoms with Crippen LogP contribution in [0, 0.1) is 0 Å². The van der Waals surface area contributed by atoms with Crippen molar-refractivity contribution in [1.29, 1.82) is 0 Å². The van der Waals surface area contributed by atoms with Crippen molar-refractivity contribution in [3.8, 4) is 23.0 Å². The lowest BCUT2D eigenvalue weighted by Gasteiger charge is -2.39. The quantitative estimate of drug-likeness (QED) is 0.191. The van der Waals surface area contributed by atoms with Gasteiger partial charge in [-0.05, 0) is 55.3 Å². The normalized spacial score (nSPS) is 15.6. The second kappa shape index (κ2) is 11.0. The highest BCUT2D eigenvalue weighted by Crippen LogP contribution is 2.40. The van der Waals surface area contributed by atoms with Crippen molar-refractivity contribution in [3.63, 3.8) is 0 Å². The summed E-state index contributed by atoms with van der Waals surface area (Å²) in [4.78, 5) is 59.2. The second-order valence-electron chi connectivity index (χ2n) is 9.55. The molecule has 11 nitrogen and oxygen atoms in total. The summed E-state index contributed by atoms with van der Waals surface area (Å²) in [5.41, 5.74) is 0.0810. The lowest BCUT2D eigenvalue weighted by Crippen LogP contribution is -2.48. The first kappa shape index (κ1) is 28.1. The van der Waals surface area contributed by atoms with Crippen LogP contribution in [0.4, 0.5) is 0 Å². The minimum Gasteiger partial charge on any atom is -0.484 e. The van der Waals surface area contributed by atoms with Crippen LogP contribution in [0.1, 0.15) is 45.7 Å². The molecule has 0 radical (unpaired) electrons. The van der Waals surface area contributed by atoms with E-state index >= 15 is 0 Å². The number of rotatable bonds is 6. The SMILES string of the molecule is CC(=O)Oc1cc(/C=C/C(=O)O[C@H]2Cc3cc4ccc(=O)oc4cc3OC2(C)C)cc(OC(C)=O)c1OC(C)=O. The number of benzene rings is 2. The monoisotopic (exact) mass is 550 g/mol. The lowest BCUT2D eigenvalue weighted by atomic mass is 9.90. The maximum absolute atomic E-state index is 12.8. The molecule has 0 N–H and O–H groups in total. The minimum absolute atomic E-state index is 0.184. The van der Waals surface area contributed by atoms with E-state index in [1.165, 1.54) is 24.3 Å². The maximum Gasteiger partial charge on any atom is 0.336 e. The zero-order valence-corrected chi connectivity index (χ0v) is 22.4. The van der Waals surface area contributed by atoms with Crippen LogP contribution in [0.3, 0.4) is 0 Å². The largest absolute Gasteiger partial charge is 0.484 e. The van der Waals surface area contributed by atoms with Gasteiger partial charge in [0.05, 0.1) is 0 Å². The average molecular weight is 551 g/mol. The molecule has 1 atom stereocenters. The molecule has 208 valence electrons. The molecule has 2 heterocycles. The molecule has 1 aromatic heterocycles. The molecule has 3 aromatic rings. The van der Waals surface area contributed by atoms with Gasteiger partial charge in [-0.2, -0.15) is 0 Å². The third kappa shape index (κ3) is 6.55. The standard InChI is InChI=1S/C29H26O11/c1-15(30)35-23-10-18(11-24(36-16(2)31)28(23)37-17(3)32)6-8-27(34)39-25-13-20-12-19-7-9-26(33)38-21(19)14-22(20)40-29(25,4)5/h6-12,14,25H,13H2,1-5H3/b8-6+/t25-/m0/s1. The first-order chi connectivity index (χ1) is 18.8. The Morgan fingerprint density at radius 2 is 1.52 bits per heavy atom. The molecule has 1 aliphatic heterocycles. The van der Waals surface area contributed by atoms with E-state index in [4.69, 9.17) is 28.1 Å². The highest BCUT2D eigenvalue weighted by molar-refractivity contribution is 5.88. The van der Waals surface area contributed by atoms with Gasteiger partial charge >= 0.3 is 29.5 Å². The number of ether oxygens (including phenoxy) is 5. The Morgan fingerprint density at radius 1 is 0.900 bits per heavy atom. The maximum atomic E-state index is 12.8. The summed E-state index contributed by atoms with van der Waals surface area (Å²) < 4.78 is 32.4. The Hall–Kier alpha value is -4.93. The zero-order chi connectivity index (χ0) is 29.2. The van der Waals surface area contributed by atoms with Gasteiger partial charge in [0, 0.05) is 50.8 Å². The van der Waals surface area contributed by atoms with Crippen molar-refractivity contribution in [2.75, 3.05) is 0 Å². The van der Waals surface area contributed by atoms with Crippen LogP contribution in [0.25, 0.3) is 17.0 Å². The summed E-state index contributed by atoms with van der Waals surface area (Å²) in [5.74, 6) is -2.95. The number of fused-ring (bicyclic) bond motifs is 2. The van der Waals surface area contributed by atoms with E-state index < -0.39 is 41.2 Å². The molecule has 0 saturated carbocycles. The van der Waals surface area contributed by atoms with E-state index in [0.717, 1.165) is 32.4 Å². The van der Waals surface area contributed by atoms with Gasteiger partial charge < -0.3 is 28.1 Å². The number of carbonyl (C=O) groups excluding carboxylic acids is 4. The van der Waals surface area contributed by atoms with Crippen LogP contribution >= 0.6 is 0 Å². The molecule has 4 rings (SSSR count). The van der Waals surface area contributed by atoms with Gasteiger partial charge in [-0.25, -0.2) is 9.59 Å². The van der Waals surface area contributed by atoms with Crippen molar-refractivity contribution in [3.05, 3.63) is 64.0 Å². The van der Waals surface area contributed by atoms with Crippen molar-refractivity contribution < 1.29 is 47.3 Å². The van der Waals surface area contributed by atoms with Crippen LogP contribution in [0.5, 0.6) is 23.0 Å². The predicted molar refractivity (Wildman–Crippen MR) is 140 cm³/mol. The Morgan fingerprint density at radius 3 is 2.12 bits per heavy atom. The molecule has 2 aromatic carbocycles. The number of esters is 4. The number of hydrogen-bond acceptors (Lipinski definition) is 11. The minimum atomic E-state index is -0.907. The summed E-state index contributed by atoms with van der Waals surface area (Å²) in [6.45, 7) is 6.97. The third-order valence-electron chi connectivity index (χ3n) is 5.82. The average Bonchev–Trinajstić information content (AvgIpc) is 2.83. The summed E-state index contributed by atoms with van der Waals surface area (Å²) >= 11 is 0. The van der Waals surface area contributed by atoms with Gasteiger partial charge in [0.25, 0.3) is 0 Å². The molecular formula is C29H26O11. The van der Waals surface area contributed by atoms with Crippen molar-refractivity contribution in [2.45, 2.75) is 52.7 Å². The van der Waals surface area contributed by atoms with Crippen molar-refractivity contribution in [1.82, 2.24) is 0 Å². The summed E-state index contributed by atoms with van der Waals surface area (Å²) in [5, 5.41) is 0.705. The van der Waals surface area contributed by atoms with Gasteiger partial charge in [-0.1, -0.05) is 0 Å². The zero-order valence-electron chi connectivity index (χ0n) is 22.4.